The van der Waals surface area contributed by atoms with Gasteiger partial charge < -0.3 is 33.8 Å². The van der Waals surface area contributed by atoms with Gasteiger partial charge in [-0.1, -0.05) is 336 Å². The van der Waals surface area contributed by atoms with Crippen LogP contribution in [0.15, 0.2) is 0 Å². The van der Waals surface area contributed by atoms with Gasteiger partial charge in [-0.25, -0.2) is 9.13 Å². The van der Waals surface area contributed by atoms with Crippen LogP contribution in [0.2, 0.25) is 0 Å². The number of rotatable bonds is 74. The van der Waals surface area contributed by atoms with Crippen LogP contribution in [0.1, 0.15) is 388 Å². The molecule has 3 N–H and O–H groups in total. The molecule has 0 aromatic carbocycles. The van der Waals surface area contributed by atoms with Gasteiger partial charge in [-0.3, -0.25) is 37.3 Å². The molecule has 0 radical (unpaired) electrons. The fraction of sp³-hybridized carbons (Fsp3) is 0.946. The molecule has 0 spiro atoms. The molecule has 2 unspecified atom stereocenters. The quantitative estimate of drug-likeness (QED) is 0.0222. The summed E-state index contributed by atoms with van der Waals surface area (Å²) in [7, 11) is -9.90. The van der Waals surface area contributed by atoms with Gasteiger partial charge in [-0.2, -0.15) is 0 Å². The Morgan fingerprint density at radius 3 is 0.731 bits per heavy atom. The number of unbranched alkanes of at least 4 members (excludes halogenated alkanes) is 46. The lowest BCUT2D eigenvalue weighted by atomic mass is 10.0. The van der Waals surface area contributed by atoms with Crippen LogP contribution >= 0.6 is 15.6 Å². The fourth-order valence-electron chi connectivity index (χ4n) is 11.4. The van der Waals surface area contributed by atoms with E-state index >= 15 is 0 Å². The molecule has 0 rings (SSSR count). The first-order valence-electron chi connectivity index (χ1n) is 38.6. The lowest BCUT2D eigenvalue weighted by Gasteiger charge is -2.21. The van der Waals surface area contributed by atoms with Gasteiger partial charge in [0.05, 0.1) is 26.4 Å². The molecule has 0 saturated carbocycles. The number of ether oxygens (including phenoxy) is 4. The van der Waals surface area contributed by atoms with E-state index in [-0.39, 0.29) is 25.7 Å². The molecule has 93 heavy (non-hydrogen) atoms. The largest absolute Gasteiger partial charge is 0.472 e. The summed E-state index contributed by atoms with van der Waals surface area (Å²) in [5, 5.41) is 10.6. The zero-order chi connectivity index (χ0) is 68.4. The molecule has 0 aromatic heterocycles. The Morgan fingerprint density at radius 2 is 0.495 bits per heavy atom. The fourth-order valence-corrected chi connectivity index (χ4v) is 12.9. The van der Waals surface area contributed by atoms with Crippen LogP contribution in [0.3, 0.4) is 0 Å². The van der Waals surface area contributed by atoms with Gasteiger partial charge in [0.2, 0.25) is 0 Å². The zero-order valence-electron chi connectivity index (χ0n) is 60.4. The second-order valence-electron chi connectivity index (χ2n) is 27.2. The highest BCUT2D eigenvalue weighted by Crippen LogP contribution is 2.45. The van der Waals surface area contributed by atoms with Crippen molar-refractivity contribution >= 4 is 39.5 Å². The van der Waals surface area contributed by atoms with E-state index in [1.165, 1.54) is 205 Å². The first kappa shape index (κ1) is 91.1. The Labute approximate surface area is 568 Å². The molecule has 552 valence electrons. The van der Waals surface area contributed by atoms with Crippen molar-refractivity contribution in [3.63, 3.8) is 0 Å². The summed E-state index contributed by atoms with van der Waals surface area (Å²) in [5.41, 5.74) is 0. The monoisotopic (exact) mass is 1370 g/mol. The predicted octanol–water partition coefficient (Wildman–Crippen LogP) is 21.7. The number of carbonyl (C=O) groups is 4. The van der Waals surface area contributed by atoms with E-state index in [0.717, 1.165) is 102 Å². The molecule has 0 fully saturated rings. The van der Waals surface area contributed by atoms with Gasteiger partial charge in [-0.15, -0.1) is 0 Å². The topological polar surface area (TPSA) is 237 Å². The summed E-state index contributed by atoms with van der Waals surface area (Å²) in [6.07, 6.45) is 55.5. The minimum Gasteiger partial charge on any atom is -0.462 e. The second-order valence-corrected chi connectivity index (χ2v) is 30.1. The van der Waals surface area contributed by atoms with Crippen LogP contribution in [0, 0.1) is 5.92 Å². The number of aliphatic hydroxyl groups excluding tert-OH is 1. The van der Waals surface area contributed by atoms with Crippen molar-refractivity contribution in [3.05, 3.63) is 0 Å². The molecule has 5 atom stereocenters. The molecule has 17 nitrogen and oxygen atoms in total. The van der Waals surface area contributed by atoms with Crippen LogP contribution < -0.4 is 0 Å². The lowest BCUT2D eigenvalue weighted by molar-refractivity contribution is -0.161. The highest BCUT2D eigenvalue weighted by atomic mass is 31.2. The van der Waals surface area contributed by atoms with Crippen LogP contribution in [0.4, 0.5) is 0 Å². The predicted molar refractivity (Wildman–Crippen MR) is 377 cm³/mol. The van der Waals surface area contributed by atoms with Crippen molar-refractivity contribution in [2.45, 2.75) is 406 Å². The minimum atomic E-state index is -4.95. The Hall–Kier alpha value is -1.94. The number of phosphoric acid groups is 2. The maximum atomic E-state index is 13.1. The minimum absolute atomic E-state index is 0.107. The maximum absolute atomic E-state index is 13.1. The van der Waals surface area contributed by atoms with Crippen molar-refractivity contribution in [2.24, 2.45) is 5.92 Å². The lowest BCUT2D eigenvalue weighted by Crippen LogP contribution is -2.30. The third kappa shape index (κ3) is 68.4. The van der Waals surface area contributed by atoms with Crippen molar-refractivity contribution in [3.8, 4) is 0 Å². The number of aliphatic hydroxyl groups is 1. The summed E-state index contributed by atoms with van der Waals surface area (Å²) < 4.78 is 68.3. The molecule has 0 saturated heterocycles. The van der Waals surface area contributed by atoms with Gasteiger partial charge >= 0.3 is 39.5 Å². The standard InChI is InChI=1S/C74H144O17P2/c1-6-9-12-15-18-21-23-24-25-26-29-32-35-39-43-48-53-58-72(77)85-64-70(91-74(79)60-55-50-45-40-36-33-30-27-28-31-34-37-41-46-51-56-67(4)5)66-89-93(82,83)87-62-68(75)61-86-92(80,81)88-65-69(63-84-71(76)57-52-47-42-20-17-14-11-8-3)90-73(78)59-54-49-44-38-22-19-16-13-10-7-2/h67-70,75H,6-66H2,1-5H3,(H,80,81)(H,82,83)/t68-,69+,70+/m0/s1. The SMILES string of the molecule is CCCCCCCCCCCCCCCCCCCC(=O)OC[C@H](COP(=O)(O)OC[C@@H](O)COP(=O)(O)OC[C@@H](COC(=O)CCCCCCCCCC)OC(=O)CCCCCCCCCCCC)OC(=O)CCCCCCCCCCCCCCCCCC(C)C. The third-order valence-electron chi connectivity index (χ3n) is 17.3. The second kappa shape index (κ2) is 67.3. The summed E-state index contributed by atoms with van der Waals surface area (Å²) in [4.78, 5) is 72.6. The number of esters is 4. The van der Waals surface area contributed by atoms with Gasteiger partial charge in [0.1, 0.15) is 19.3 Å². The number of phosphoric ester groups is 2. The molecule has 0 amide bonds. The molecule has 0 aliphatic rings. The summed E-state index contributed by atoms with van der Waals surface area (Å²) in [5.74, 6) is -1.32. The molecule has 19 heteroatoms. The molecular weight excluding hydrogens is 1220 g/mol. The van der Waals surface area contributed by atoms with Gasteiger partial charge in [0.15, 0.2) is 12.2 Å². The number of carbonyl (C=O) groups excluding carboxylic acids is 4. The molecule has 0 aliphatic heterocycles. The van der Waals surface area contributed by atoms with E-state index in [0.29, 0.717) is 25.7 Å². The highest BCUT2D eigenvalue weighted by Gasteiger charge is 2.30. The van der Waals surface area contributed by atoms with Crippen LogP contribution in [0.5, 0.6) is 0 Å². The van der Waals surface area contributed by atoms with Crippen LogP contribution in [-0.2, 0) is 65.4 Å². The number of hydrogen-bond acceptors (Lipinski definition) is 15. The van der Waals surface area contributed by atoms with E-state index in [1.54, 1.807) is 0 Å². The van der Waals surface area contributed by atoms with E-state index in [1.807, 2.05) is 0 Å². The first-order valence-corrected chi connectivity index (χ1v) is 41.6. The molecule has 0 bridgehead atoms. The molecular formula is C74H144O17P2. The maximum Gasteiger partial charge on any atom is 0.472 e. The Bertz CT molecular complexity index is 1790. The van der Waals surface area contributed by atoms with Crippen molar-refractivity contribution in [1.82, 2.24) is 0 Å². The normalized spacial score (nSPS) is 14.0. The molecule has 0 aliphatic carbocycles. The summed E-state index contributed by atoms with van der Waals surface area (Å²) >= 11 is 0. The Balaban J connectivity index is 5.19. The summed E-state index contributed by atoms with van der Waals surface area (Å²) in [6, 6.07) is 0. The van der Waals surface area contributed by atoms with Crippen LogP contribution in [0.25, 0.3) is 0 Å². The average Bonchev–Trinajstić information content (AvgIpc) is 1.78. The smallest absolute Gasteiger partial charge is 0.462 e. The molecule has 0 heterocycles. The van der Waals surface area contributed by atoms with E-state index in [4.69, 9.17) is 37.0 Å². The van der Waals surface area contributed by atoms with Crippen molar-refractivity contribution in [1.29, 1.82) is 0 Å². The zero-order valence-corrected chi connectivity index (χ0v) is 62.2. The third-order valence-corrected chi connectivity index (χ3v) is 19.2. The van der Waals surface area contributed by atoms with Gasteiger partial charge in [0, 0.05) is 25.7 Å². The van der Waals surface area contributed by atoms with E-state index < -0.39 is 97.5 Å². The number of hydrogen-bond donors (Lipinski definition) is 3. The van der Waals surface area contributed by atoms with E-state index in [2.05, 4.69) is 34.6 Å². The average molecular weight is 1370 g/mol. The van der Waals surface area contributed by atoms with Crippen LogP contribution in [-0.4, -0.2) is 96.7 Å². The Kier molecular flexibility index (Phi) is 65.9. The first-order chi connectivity index (χ1) is 45.0. The van der Waals surface area contributed by atoms with Crippen molar-refractivity contribution < 1.29 is 80.2 Å². The molecule has 0 aromatic rings. The van der Waals surface area contributed by atoms with Crippen molar-refractivity contribution in [2.75, 3.05) is 39.6 Å². The summed E-state index contributed by atoms with van der Waals surface area (Å²) in [6.45, 7) is 7.27. The van der Waals surface area contributed by atoms with Gasteiger partial charge in [-0.05, 0) is 31.6 Å². The Morgan fingerprint density at radius 1 is 0.290 bits per heavy atom. The highest BCUT2D eigenvalue weighted by molar-refractivity contribution is 7.47. The van der Waals surface area contributed by atoms with Gasteiger partial charge in [0.25, 0.3) is 0 Å². The van der Waals surface area contributed by atoms with E-state index in [9.17, 15) is 43.2 Å².